The van der Waals surface area contributed by atoms with Gasteiger partial charge in [-0.05, 0) is 29.8 Å². The highest BCUT2D eigenvalue weighted by Gasteiger charge is 2.32. The topological polar surface area (TPSA) is 84.5 Å². The number of hydrogen-bond acceptors (Lipinski definition) is 4. The molecule has 1 aliphatic rings. The number of hydrogen-bond donors (Lipinski definition) is 2. The molecule has 0 aliphatic carbocycles. The number of esters is 1. The third-order valence-electron chi connectivity index (χ3n) is 3.89. The van der Waals surface area contributed by atoms with Gasteiger partial charge >= 0.3 is 5.97 Å². The highest BCUT2D eigenvalue weighted by Crippen LogP contribution is 2.33. The first-order chi connectivity index (χ1) is 12.8. The van der Waals surface area contributed by atoms with Crippen molar-refractivity contribution in [2.75, 3.05) is 17.2 Å². The Hall–Kier alpha value is -3.36. The molecule has 1 atom stereocenters. The molecule has 27 heavy (non-hydrogen) atoms. The molecule has 0 fully saturated rings. The molecule has 3 rings (SSSR count). The summed E-state index contributed by atoms with van der Waals surface area (Å²) in [4.78, 5) is 35.8. The molecule has 2 N–H and O–H groups in total. The van der Waals surface area contributed by atoms with Crippen LogP contribution in [0.1, 0.15) is 17.9 Å². The molecular weight excluding hydrogens is 365 g/mol. The molecule has 2 aromatic carbocycles. The molecule has 2 aromatic rings. The number of carbonyl (C=O) groups excluding carboxylic acids is 3. The van der Waals surface area contributed by atoms with Crippen LogP contribution in [-0.4, -0.2) is 24.4 Å². The predicted octanol–water partition coefficient (Wildman–Crippen LogP) is 2.71. The Labute approximate surface area is 151 Å². The summed E-state index contributed by atoms with van der Waals surface area (Å²) in [5.41, 5.74) is 0.117. The fraction of sp³-hybridized carbons (Fsp3) is 0.167. The summed E-state index contributed by atoms with van der Waals surface area (Å²) in [6.07, 6.45) is -0.225. The Kier molecular flexibility index (Phi) is 5.11. The van der Waals surface area contributed by atoms with Gasteiger partial charge in [-0.2, -0.15) is 0 Å². The second-order valence-corrected chi connectivity index (χ2v) is 5.82. The summed E-state index contributed by atoms with van der Waals surface area (Å²) in [6.45, 7) is -0.760. The number of fused-ring (bicyclic) bond motifs is 1. The van der Waals surface area contributed by atoms with E-state index in [0.717, 1.165) is 30.3 Å². The van der Waals surface area contributed by atoms with E-state index in [1.54, 1.807) is 0 Å². The maximum absolute atomic E-state index is 13.5. The van der Waals surface area contributed by atoms with Gasteiger partial charge in [0.1, 0.15) is 17.5 Å². The Bertz CT molecular complexity index is 933. The van der Waals surface area contributed by atoms with E-state index in [4.69, 9.17) is 4.74 Å². The van der Waals surface area contributed by atoms with Crippen molar-refractivity contribution in [3.63, 3.8) is 0 Å². The summed E-state index contributed by atoms with van der Waals surface area (Å²) in [6, 6.07) is 6.07. The summed E-state index contributed by atoms with van der Waals surface area (Å²) >= 11 is 0. The van der Waals surface area contributed by atoms with Gasteiger partial charge in [0.2, 0.25) is 5.91 Å². The van der Waals surface area contributed by atoms with Crippen LogP contribution in [0.15, 0.2) is 36.4 Å². The van der Waals surface area contributed by atoms with E-state index < -0.39 is 53.4 Å². The summed E-state index contributed by atoms with van der Waals surface area (Å²) < 4.78 is 44.8. The van der Waals surface area contributed by atoms with Crippen molar-refractivity contribution >= 4 is 29.2 Å². The first-order valence-electron chi connectivity index (χ1n) is 7.84. The highest BCUT2D eigenvalue weighted by atomic mass is 19.1. The summed E-state index contributed by atoms with van der Waals surface area (Å²) in [7, 11) is 0. The Balaban J connectivity index is 1.65. The lowest BCUT2D eigenvalue weighted by molar-refractivity contribution is -0.149. The highest BCUT2D eigenvalue weighted by molar-refractivity contribution is 6.00. The molecular formula is C18H13F3N2O4. The van der Waals surface area contributed by atoms with E-state index >= 15 is 0 Å². The maximum Gasteiger partial charge on any atom is 0.314 e. The van der Waals surface area contributed by atoms with Crippen LogP contribution in [0.4, 0.5) is 24.5 Å². The lowest BCUT2D eigenvalue weighted by atomic mass is 9.90. The predicted molar refractivity (Wildman–Crippen MR) is 88.3 cm³/mol. The van der Waals surface area contributed by atoms with Crippen molar-refractivity contribution in [2.45, 2.75) is 12.3 Å². The van der Waals surface area contributed by atoms with Gasteiger partial charge in [0.05, 0.1) is 11.6 Å². The van der Waals surface area contributed by atoms with Gasteiger partial charge in [-0.25, -0.2) is 13.2 Å². The molecule has 0 bridgehead atoms. The van der Waals surface area contributed by atoms with Crippen LogP contribution in [0.5, 0.6) is 0 Å². The van der Waals surface area contributed by atoms with Gasteiger partial charge in [-0.15, -0.1) is 0 Å². The van der Waals surface area contributed by atoms with Crippen molar-refractivity contribution < 1.29 is 32.3 Å². The van der Waals surface area contributed by atoms with Crippen LogP contribution in [-0.2, 0) is 19.1 Å². The van der Waals surface area contributed by atoms with Crippen LogP contribution in [0.25, 0.3) is 0 Å². The number of anilines is 2. The number of benzene rings is 2. The second kappa shape index (κ2) is 7.48. The lowest BCUT2D eigenvalue weighted by Gasteiger charge is -2.24. The van der Waals surface area contributed by atoms with Crippen molar-refractivity contribution in [1.82, 2.24) is 0 Å². The average molecular weight is 378 g/mol. The molecule has 0 saturated heterocycles. The van der Waals surface area contributed by atoms with Crippen LogP contribution in [0.3, 0.4) is 0 Å². The Morgan fingerprint density at radius 3 is 2.59 bits per heavy atom. The lowest BCUT2D eigenvalue weighted by Crippen LogP contribution is -2.30. The maximum atomic E-state index is 13.5. The monoisotopic (exact) mass is 378 g/mol. The fourth-order valence-electron chi connectivity index (χ4n) is 2.66. The number of halogens is 3. The van der Waals surface area contributed by atoms with Crippen molar-refractivity contribution in [3.05, 3.63) is 59.4 Å². The third-order valence-corrected chi connectivity index (χ3v) is 3.89. The zero-order valence-electron chi connectivity index (χ0n) is 13.7. The minimum absolute atomic E-state index is 0.152. The minimum Gasteiger partial charge on any atom is -0.455 e. The zero-order chi connectivity index (χ0) is 19.6. The number of ether oxygens (including phenoxy) is 1. The van der Waals surface area contributed by atoms with Crippen LogP contribution < -0.4 is 10.6 Å². The molecule has 140 valence electrons. The molecule has 2 amide bonds. The van der Waals surface area contributed by atoms with Gasteiger partial charge in [0.25, 0.3) is 5.91 Å². The molecule has 6 nitrogen and oxygen atoms in total. The number of carbonyl (C=O) groups is 3. The van der Waals surface area contributed by atoms with Crippen LogP contribution in [0.2, 0.25) is 0 Å². The molecule has 1 aliphatic heterocycles. The molecule has 0 saturated carbocycles. The van der Waals surface area contributed by atoms with Crippen molar-refractivity contribution in [2.24, 2.45) is 0 Å². The number of nitrogens with one attached hydrogen (secondary N) is 2. The van der Waals surface area contributed by atoms with Crippen molar-refractivity contribution in [3.8, 4) is 0 Å². The van der Waals surface area contributed by atoms with Gasteiger partial charge in [0.15, 0.2) is 6.61 Å². The Morgan fingerprint density at radius 1 is 1.11 bits per heavy atom. The van der Waals surface area contributed by atoms with E-state index in [-0.39, 0.29) is 12.1 Å². The molecule has 0 radical (unpaired) electrons. The SMILES string of the molecule is O=C(COC(=O)C1CC(=O)Nc2cc(F)ccc21)Nc1cc(F)ccc1F. The van der Waals surface area contributed by atoms with E-state index in [2.05, 4.69) is 10.6 Å². The van der Waals surface area contributed by atoms with E-state index in [0.29, 0.717) is 5.56 Å². The first-order valence-corrected chi connectivity index (χ1v) is 7.84. The standard InChI is InChI=1S/C18H13F3N2O4/c19-9-1-3-11-12(7-16(24)22-14(11)5-9)18(26)27-8-17(25)23-15-6-10(20)2-4-13(15)21/h1-6,12H,7-8H2,(H,22,24)(H,23,25). The summed E-state index contributed by atoms with van der Waals surface area (Å²) in [5.74, 6) is -5.44. The smallest absolute Gasteiger partial charge is 0.314 e. The van der Waals surface area contributed by atoms with Gasteiger partial charge < -0.3 is 15.4 Å². The number of amides is 2. The van der Waals surface area contributed by atoms with E-state index in [9.17, 15) is 27.6 Å². The van der Waals surface area contributed by atoms with Crippen LogP contribution >= 0.6 is 0 Å². The summed E-state index contributed by atoms with van der Waals surface area (Å²) in [5, 5.41) is 4.54. The van der Waals surface area contributed by atoms with Crippen molar-refractivity contribution in [1.29, 1.82) is 0 Å². The third kappa shape index (κ3) is 4.25. The Morgan fingerprint density at radius 2 is 1.81 bits per heavy atom. The average Bonchev–Trinajstić information content (AvgIpc) is 2.61. The second-order valence-electron chi connectivity index (χ2n) is 5.82. The van der Waals surface area contributed by atoms with E-state index in [1.165, 1.54) is 6.07 Å². The molecule has 9 heteroatoms. The van der Waals surface area contributed by atoms with Gasteiger partial charge in [-0.3, -0.25) is 14.4 Å². The van der Waals surface area contributed by atoms with Crippen LogP contribution in [0, 0.1) is 17.5 Å². The quantitative estimate of drug-likeness (QED) is 0.802. The zero-order valence-corrected chi connectivity index (χ0v) is 13.7. The first kappa shape index (κ1) is 18.4. The molecule has 1 heterocycles. The van der Waals surface area contributed by atoms with Gasteiger partial charge in [0, 0.05) is 18.2 Å². The van der Waals surface area contributed by atoms with Gasteiger partial charge in [-0.1, -0.05) is 6.07 Å². The largest absolute Gasteiger partial charge is 0.455 e. The minimum atomic E-state index is -1.01. The molecule has 0 aromatic heterocycles. The van der Waals surface area contributed by atoms with E-state index in [1.807, 2.05) is 0 Å². The number of rotatable bonds is 4. The normalized spacial score (nSPS) is 15.5. The fourth-order valence-corrected chi connectivity index (χ4v) is 2.66. The molecule has 1 unspecified atom stereocenters. The molecule has 0 spiro atoms.